The molecule has 0 bridgehead atoms. The van der Waals surface area contributed by atoms with E-state index < -0.39 is 0 Å². The quantitative estimate of drug-likeness (QED) is 0.665. The number of rotatable bonds is 5. The van der Waals surface area contributed by atoms with E-state index in [0.29, 0.717) is 40.3 Å². The molecule has 0 radical (unpaired) electrons. The molecule has 0 atom stereocenters. The Morgan fingerprint density at radius 2 is 1.81 bits per heavy atom. The van der Waals surface area contributed by atoms with Crippen LogP contribution in [0.15, 0.2) is 47.4 Å². The molecule has 8 nitrogen and oxygen atoms in total. The third-order valence-electron chi connectivity index (χ3n) is 5.98. The molecule has 1 N–H and O–H groups in total. The lowest BCUT2D eigenvalue weighted by Gasteiger charge is -2.33. The normalized spacial score (nSPS) is 14.2. The summed E-state index contributed by atoms with van der Waals surface area (Å²) in [5, 5.41) is 12.4. The molecular formula is C24H26N6O2. The fourth-order valence-corrected chi connectivity index (χ4v) is 4.07. The van der Waals surface area contributed by atoms with Crippen molar-refractivity contribution in [2.45, 2.75) is 18.9 Å². The van der Waals surface area contributed by atoms with Crippen LogP contribution in [-0.2, 0) is 7.05 Å². The number of methoxy groups -OCH3 is 1. The van der Waals surface area contributed by atoms with Gasteiger partial charge in [-0.15, -0.1) is 0 Å². The number of benzene rings is 1. The van der Waals surface area contributed by atoms with E-state index in [0.717, 1.165) is 31.5 Å². The molecule has 1 saturated heterocycles. The zero-order valence-corrected chi connectivity index (χ0v) is 18.5. The molecule has 3 aromatic rings. The topological polar surface area (TPSA) is 96.1 Å². The predicted molar refractivity (Wildman–Crippen MR) is 124 cm³/mol. The van der Waals surface area contributed by atoms with Gasteiger partial charge < -0.3 is 15.0 Å². The highest BCUT2D eigenvalue weighted by molar-refractivity contribution is 5.81. The highest BCUT2D eigenvalue weighted by Gasteiger charge is 2.24. The largest absolute Gasteiger partial charge is 0.497 e. The molecule has 0 aliphatic carbocycles. The third-order valence-corrected chi connectivity index (χ3v) is 5.98. The average molecular weight is 431 g/mol. The molecule has 2 aromatic heterocycles. The molecule has 4 rings (SSSR count). The van der Waals surface area contributed by atoms with Crippen molar-refractivity contribution < 1.29 is 4.74 Å². The monoisotopic (exact) mass is 430 g/mol. The maximum atomic E-state index is 13.6. The van der Waals surface area contributed by atoms with Crippen LogP contribution in [0.3, 0.4) is 0 Å². The van der Waals surface area contributed by atoms with Gasteiger partial charge in [-0.05, 0) is 49.7 Å². The first-order valence-corrected chi connectivity index (χ1v) is 10.6. The third kappa shape index (κ3) is 4.07. The van der Waals surface area contributed by atoms with E-state index in [1.54, 1.807) is 37.1 Å². The minimum atomic E-state index is -0.129. The zero-order valence-electron chi connectivity index (χ0n) is 18.5. The second kappa shape index (κ2) is 9.20. The zero-order chi connectivity index (χ0) is 22.7. The highest BCUT2D eigenvalue weighted by atomic mass is 16.5. The fraction of sp³-hybridized carbons (Fsp3) is 0.333. The van der Waals surface area contributed by atoms with Gasteiger partial charge in [-0.1, -0.05) is 12.1 Å². The molecule has 8 heteroatoms. The van der Waals surface area contributed by atoms with E-state index in [2.05, 4.69) is 15.2 Å². The maximum Gasteiger partial charge on any atom is 0.263 e. The molecule has 32 heavy (non-hydrogen) atoms. The Kier molecular flexibility index (Phi) is 6.19. The summed E-state index contributed by atoms with van der Waals surface area (Å²) in [5.41, 5.74) is 2.68. The second-order valence-electron chi connectivity index (χ2n) is 7.82. The number of nitrogens with one attached hydrogen (secondary N) is 1. The van der Waals surface area contributed by atoms with E-state index in [1.807, 2.05) is 37.4 Å². The highest BCUT2D eigenvalue weighted by Crippen LogP contribution is 2.31. The number of aromatic nitrogens is 3. The van der Waals surface area contributed by atoms with Crippen molar-refractivity contribution in [1.29, 1.82) is 5.26 Å². The van der Waals surface area contributed by atoms with E-state index in [9.17, 15) is 4.79 Å². The Morgan fingerprint density at radius 1 is 1.12 bits per heavy atom. The van der Waals surface area contributed by atoms with Crippen LogP contribution in [0.4, 0.5) is 5.95 Å². The van der Waals surface area contributed by atoms with Gasteiger partial charge in [0.2, 0.25) is 5.95 Å². The van der Waals surface area contributed by atoms with E-state index in [4.69, 9.17) is 15.0 Å². The molecule has 1 fully saturated rings. The Morgan fingerprint density at radius 3 is 2.38 bits per heavy atom. The summed E-state index contributed by atoms with van der Waals surface area (Å²) >= 11 is 0. The predicted octanol–water partition coefficient (Wildman–Crippen LogP) is 2.58. The number of anilines is 1. The number of hydrogen-bond donors (Lipinski definition) is 1. The van der Waals surface area contributed by atoms with Crippen molar-refractivity contribution in [2.24, 2.45) is 7.05 Å². The molecule has 0 unspecified atom stereocenters. The lowest BCUT2D eigenvalue weighted by atomic mass is 10.0. The van der Waals surface area contributed by atoms with Crippen molar-refractivity contribution in [2.75, 3.05) is 32.1 Å². The Hall–Kier alpha value is -3.70. The summed E-state index contributed by atoms with van der Waals surface area (Å²) in [4.78, 5) is 24.9. The molecule has 0 amide bonds. The average Bonchev–Trinajstić information content (AvgIpc) is 2.86. The summed E-state index contributed by atoms with van der Waals surface area (Å²) in [7, 11) is 5.35. The summed E-state index contributed by atoms with van der Waals surface area (Å²) in [6, 6.07) is 13.3. The van der Waals surface area contributed by atoms with Crippen LogP contribution >= 0.6 is 0 Å². The van der Waals surface area contributed by atoms with Crippen LogP contribution in [0.5, 0.6) is 5.75 Å². The molecule has 164 valence electrons. The van der Waals surface area contributed by atoms with Crippen LogP contribution in [0.25, 0.3) is 22.4 Å². The van der Waals surface area contributed by atoms with Crippen molar-refractivity contribution in [3.8, 4) is 34.2 Å². The molecule has 0 saturated carbocycles. The van der Waals surface area contributed by atoms with Gasteiger partial charge in [0, 0.05) is 37.9 Å². The summed E-state index contributed by atoms with van der Waals surface area (Å²) in [5.74, 6) is 1.35. The van der Waals surface area contributed by atoms with Crippen LogP contribution in [0.1, 0.15) is 18.5 Å². The van der Waals surface area contributed by atoms with Crippen LogP contribution < -0.4 is 20.5 Å². The number of nitrogens with zero attached hydrogens (tertiary/aromatic N) is 5. The first-order valence-electron chi connectivity index (χ1n) is 10.6. The standard InChI is InChI=1S/C24H26N6O2/c1-26-18-10-12-30(13-11-18)24-28-22(17-4-7-19(14-25)27-15-17)21(23(31)29(24)2)16-5-8-20(32-3)9-6-16/h4-9,15,18,26H,10-13H2,1-3H3. The molecule has 1 aliphatic rings. The number of ether oxygens (including phenoxy) is 1. The van der Waals surface area contributed by atoms with Crippen LogP contribution in [-0.4, -0.2) is 47.8 Å². The van der Waals surface area contributed by atoms with Gasteiger partial charge in [0.15, 0.2) is 0 Å². The number of pyridine rings is 1. The summed E-state index contributed by atoms with van der Waals surface area (Å²) < 4.78 is 6.89. The van der Waals surface area contributed by atoms with Crippen molar-refractivity contribution in [1.82, 2.24) is 19.9 Å². The van der Waals surface area contributed by atoms with Gasteiger partial charge in [0.25, 0.3) is 5.56 Å². The minimum absolute atomic E-state index is 0.129. The fourth-order valence-electron chi connectivity index (χ4n) is 4.07. The minimum Gasteiger partial charge on any atom is -0.497 e. The molecule has 1 aromatic carbocycles. The number of nitriles is 1. The molecule has 1 aliphatic heterocycles. The molecule has 0 spiro atoms. The SMILES string of the molecule is CNC1CCN(c2nc(-c3ccc(C#N)nc3)c(-c3ccc(OC)cc3)c(=O)n2C)CC1. The molecule has 3 heterocycles. The van der Waals surface area contributed by atoms with E-state index >= 15 is 0 Å². The Balaban J connectivity index is 1.87. The van der Waals surface area contributed by atoms with Crippen LogP contribution in [0, 0.1) is 11.3 Å². The Bertz CT molecular complexity index is 1190. The van der Waals surface area contributed by atoms with Crippen molar-refractivity contribution in [3.63, 3.8) is 0 Å². The first kappa shape index (κ1) is 21.5. The smallest absolute Gasteiger partial charge is 0.263 e. The molecular weight excluding hydrogens is 404 g/mol. The van der Waals surface area contributed by atoms with Gasteiger partial charge in [-0.3, -0.25) is 9.36 Å². The van der Waals surface area contributed by atoms with Crippen molar-refractivity contribution in [3.05, 3.63) is 58.6 Å². The van der Waals surface area contributed by atoms with E-state index in [1.165, 1.54) is 0 Å². The first-order chi connectivity index (χ1) is 15.5. The number of hydrogen-bond acceptors (Lipinski definition) is 7. The van der Waals surface area contributed by atoms with Gasteiger partial charge in [0.1, 0.15) is 17.5 Å². The summed E-state index contributed by atoms with van der Waals surface area (Å²) in [6.07, 6.45) is 3.57. The summed E-state index contributed by atoms with van der Waals surface area (Å²) in [6.45, 7) is 1.64. The number of piperidine rings is 1. The van der Waals surface area contributed by atoms with Gasteiger partial charge in [-0.2, -0.15) is 5.26 Å². The Labute approximate surface area is 187 Å². The lowest BCUT2D eigenvalue weighted by molar-refractivity contribution is 0.415. The van der Waals surface area contributed by atoms with Crippen LogP contribution in [0.2, 0.25) is 0 Å². The second-order valence-corrected chi connectivity index (χ2v) is 7.82. The van der Waals surface area contributed by atoms with Crippen molar-refractivity contribution >= 4 is 5.95 Å². The van der Waals surface area contributed by atoms with Gasteiger partial charge in [-0.25, -0.2) is 9.97 Å². The maximum absolute atomic E-state index is 13.6. The van der Waals surface area contributed by atoms with Gasteiger partial charge in [0.05, 0.1) is 18.4 Å². The lowest BCUT2D eigenvalue weighted by Crippen LogP contribution is -2.43. The van der Waals surface area contributed by atoms with E-state index in [-0.39, 0.29) is 5.56 Å². The van der Waals surface area contributed by atoms with Gasteiger partial charge >= 0.3 is 0 Å².